The molecule has 0 aromatic carbocycles. The largest absolute Gasteiger partial charge is 0.368 e. The molecule has 0 unspecified atom stereocenters. The summed E-state index contributed by atoms with van der Waals surface area (Å²) in [6, 6.07) is 0. The Kier molecular flexibility index (Phi) is 3.74. The fraction of sp³-hybridized carbons (Fsp3) is 0.800. The number of nitrogens with zero attached hydrogens (tertiary/aromatic N) is 4. The van der Waals surface area contributed by atoms with Gasteiger partial charge in [-0.25, -0.2) is 13.1 Å². The van der Waals surface area contributed by atoms with Gasteiger partial charge in [-0.15, -0.1) is 5.10 Å². The second kappa shape index (κ2) is 5.13. The number of aromatic nitrogens is 3. The van der Waals surface area contributed by atoms with Crippen LogP contribution in [0.4, 0.5) is 11.9 Å². The number of hydrogen-bond donors (Lipinski definition) is 1. The van der Waals surface area contributed by atoms with Gasteiger partial charge in [0.05, 0.1) is 12.3 Å². The molecule has 7 nitrogen and oxygen atoms in total. The molecule has 0 saturated carbocycles. The minimum absolute atomic E-state index is 0.0521. The second-order valence-electron chi connectivity index (χ2n) is 4.42. The molecule has 18 heavy (non-hydrogen) atoms. The highest BCUT2D eigenvalue weighted by atomic mass is 32.2. The lowest BCUT2D eigenvalue weighted by atomic mass is 10.4. The summed E-state index contributed by atoms with van der Waals surface area (Å²) in [7, 11) is -3.00. The third-order valence-corrected chi connectivity index (χ3v) is 4.82. The molecule has 1 aliphatic heterocycles. The van der Waals surface area contributed by atoms with E-state index >= 15 is 0 Å². The van der Waals surface area contributed by atoms with Crippen LogP contribution in [0.25, 0.3) is 0 Å². The van der Waals surface area contributed by atoms with Crippen molar-refractivity contribution in [2.75, 3.05) is 35.2 Å². The fourth-order valence-electron chi connectivity index (χ4n) is 1.93. The first-order valence-electron chi connectivity index (χ1n) is 6.17. The number of nitrogen functional groups attached to an aromatic ring is 1. The van der Waals surface area contributed by atoms with Crippen LogP contribution in [0.5, 0.6) is 0 Å². The van der Waals surface area contributed by atoms with E-state index < -0.39 is 9.84 Å². The summed E-state index contributed by atoms with van der Waals surface area (Å²) >= 11 is 0. The number of anilines is 2. The van der Waals surface area contributed by atoms with E-state index in [0.717, 1.165) is 25.9 Å². The van der Waals surface area contributed by atoms with E-state index in [4.69, 9.17) is 5.73 Å². The lowest BCUT2D eigenvalue weighted by molar-refractivity contribution is 0.583. The Labute approximate surface area is 107 Å². The predicted octanol–water partition coefficient (Wildman–Crippen LogP) is -0.105. The molecule has 0 radical (unpaired) electrons. The predicted molar refractivity (Wildman–Crippen MR) is 70.2 cm³/mol. The molecule has 102 valence electrons. The van der Waals surface area contributed by atoms with Crippen molar-refractivity contribution in [1.82, 2.24) is 14.8 Å². The molecule has 1 aromatic rings. The third kappa shape index (κ3) is 2.92. The monoisotopic (exact) mass is 273 g/mol. The van der Waals surface area contributed by atoms with Gasteiger partial charge in [0.25, 0.3) is 0 Å². The highest BCUT2D eigenvalue weighted by Gasteiger charge is 2.18. The quantitative estimate of drug-likeness (QED) is 0.805. The summed E-state index contributed by atoms with van der Waals surface area (Å²) in [6.07, 6.45) is 2.28. The first kappa shape index (κ1) is 13.1. The van der Waals surface area contributed by atoms with Gasteiger partial charge in [0.2, 0.25) is 11.9 Å². The summed E-state index contributed by atoms with van der Waals surface area (Å²) in [5, 5.41) is 4.27. The van der Waals surface area contributed by atoms with E-state index in [1.165, 1.54) is 4.68 Å². The van der Waals surface area contributed by atoms with Crippen molar-refractivity contribution < 1.29 is 8.42 Å². The van der Waals surface area contributed by atoms with Crippen LogP contribution >= 0.6 is 0 Å². The van der Waals surface area contributed by atoms with Gasteiger partial charge in [0, 0.05) is 18.8 Å². The van der Waals surface area contributed by atoms with Gasteiger partial charge in [-0.05, 0) is 12.8 Å². The molecule has 2 heterocycles. The number of aryl methyl sites for hydroxylation is 1. The van der Waals surface area contributed by atoms with Crippen LogP contribution in [0.1, 0.15) is 19.8 Å². The molecule has 0 atom stereocenters. The highest BCUT2D eigenvalue weighted by Crippen LogP contribution is 2.17. The molecule has 1 fully saturated rings. The van der Waals surface area contributed by atoms with E-state index in [1.54, 1.807) is 6.92 Å². The van der Waals surface area contributed by atoms with Crippen LogP contribution in [0.3, 0.4) is 0 Å². The number of nitrogens with two attached hydrogens (primary N) is 1. The molecule has 0 amide bonds. The van der Waals surface area contributed by atoms with Crippen molar-refractivity contribution in [2.45, 2.75) is 26.3 Å². The van der Waals surface area contributed by atoms with Crippen molar-refractivity contribution in [3.05, 3.63) is 0 Å². The van der Waals surface area contributed by atoms with Crippen LogP contribution in [-0.4, -0.2) is 47.8 Å². The first-order valence-corrected chi connectivity index (χ1v) is 7.99. The zero-order chi connectivity index (χ0) is 13.2. The Morgan fingerprint density at radius 1 is 1.33 bits per heavy atom. The van der Waals surface area contributed by atoms with Crippen molar-refractivity contribution in [2.24, 2.45) is 0 Å². The molecule has 2 rings (SSSR count). The van der Waals surface area contributed by atoms with E-state index in [1.807, 2.05) is 0 Å². The molecule has 1 saturated heterocycles. The minimum atomic E-state index is -3.00. The first-order chi connectivity index (χ1) is 8.52. The van der Waals surface area contributed by atoms with Crippen LogP contribution in [0.2, 0.25) is 0 Å². The topological polar surface area (TPSA) is 94.1 Å². The molecular formula is C10H19N5O2S. The van der Waals surface area contributed by atoms with Crippen molar-refractivity contribution in [3.8, 4) is 0 Å². The van der Waals surface area contributed by atoms with Crippen molar-refractivity contribution >= 4 is 21.7 Å². The zero-order valence-corrected chi connectivity index (χ0v) is 11.4. The van der Waals surface area contributed by atoms with Gasteiger partial charge in [-0.2, -0.15) is 4.98 Å². The molecular weight excluding hydrogens is 254 g/mol. The van der Waals surface area contributed by atoms with E-state index in [9.17, 15) is 8.42 Å². The Hall–Kier alpha value is -1.31. The number of rotatable bonds is 5. The summed E-state index contributed by atoms with van der Waals surface area (Å²) in [6.45, 7) is 3.78. The van der Waals surface area contributed by atoms with Crippen LogP contribution < -0.4 is 10.6 Å². The van der Waals surface area contributed by atoms with Crippen LogP contribution in [-0.2, 0) is 16.4 Å². The van der Waals surface area contributed by atoms with E-state index in [0.29, 0.717) is 5.95 Å². The lowest BCUT2D eigenvalue weighted by Gasteiger charge is -2.10. The van der Waals surface area contributed by atoms with Gasteiger partial charge in [-0.1, -0.05) is 6.92 Å². The Morgan fingerprint density at radius 3 is 2.61 bits per heavy atom. The second-order valence-corrected chi connectivity index (χ2v) is 6.90. The van der Waals surface area contributed by atoms with Crippen LogP contribution in [0, 0.1) is 0 Å². The third-order valence-electron chi connectivity index (χ3n) is 3.13. The smallest absolute Gasteiger partial charge is 0.246 e. The zero-order valence-electron chi connectivity index (χ0n) is 10.5. The van der Waals surface area contributed by atoms with E-state index in [2.05, 4.69) is 15.0 Å². The fourth-order valence-corrected chi connectivity index (χ4v) is 2.67. The maximum absolute atomic E-state index is 11.4. The summed E-state index contributed by atoms with van der Waals surface area (Å²) in [5.74, 6) is 1.08. The average Bonchev–Trinajstić information content (AvgIpc) is 2.95. The van der Waals surface area contributed by atoms with E-state index in [-0.39, 0.29) is 24.0 Å². The van der Waals surface area contributed by atoms with Gasteiger partial charge in [0.15, 0.2) is 9.84 Å². The van der Waals surface area contributed by atoms with Gasteiger partial charge in [-0.3, -0.25) is 0 Å². The van der Waals surface area contributed by atoms with Gasteiger partial charge >= 0.3 is 0 Å². The van der Waals surface area contributed by atoms with Crippen molar-refractivity contribution in [1.29, 1.82) is 0 Å². The number of hydrogen-bond acceptors (Lipinski definition) is 6. The Bertz CT molecular complexity index is 504. The molecule has 1 aromatic heterocycles. The maximum Gasteiger partial charge on any atom is 0.246 e. The van der Waals surface area contributed by atoms with Gasteiger partial charge < -0.3 is 10.6 Å². The normalized spacial score (nSPS) is 16.4. The van der Waals surface area contributed by atoms with Crippen LogP contribution in [0.15, 0.2) is 0 Å². The maximum atomic E-state index is 11.4. The molecule has 0 spiro atoms. The number of sulfone groups is 1. The van der Waals surface area contributed by atoms with Gasteiger partial charge in [0.1, 0.15) is 0 Å². The molecule has 2 N–H and O–H groups in total. The summed E-state index contributed by atoms with van der Waals surface area (Å²) < 4.78 is 24.3. The molecule has 0 bridgehead atoms. The minimum Gasteiger partial charge on any atom is -0.368 e. The molecule has 1 aliphatic rings. The Balaban J connectivity index is 2.05. The summed E-state index contributed by atoms with van der Waals surface area (Å²) in [4.78, 5) is 6.25. The average molecular weight is 273 g/mol. The molecule has 8 heteroatoms. The highest BCUT2D eigenvalue weighted by molar-refractivity contribution is 7.91. The SMILES string of the molecule is CCS(=O)(=O)CCn1nc(N2CCCC2)nc1N. The molecule has 0 aliphatic carbocycles. The standard InChI is InChI=1S/C10H19N5O2S/c1-2-18(16,17)8-7-15-9(11)12-10(13-15)14-5-3-4-6-14/h2-8H2,1H3,(H2,11,12,13). The Morgan fingerprint density at radius 2 is 2.00 bits per heavy atom. The van der Waals surface area contributed by atoms with Crippen molar-refractivity contribution in [3.63, 3.8) is 0 Å². The lowest BCUT2D eigenvalue weighted by Crippen LogP contribution is -2.20. The summed E-state index contributed by atoms with van der Waals surface area (Å²) in [5.41, 5.74) is 5.75.